The average Bonchev–Trinajstić information content (AvgIpc) is 2.48. The van der Waals surface area contributed by atoms with Crippen LogP contribution in [0.5, 0.6) is 0 Å². The third-order valence-electron chi connectivity index (χ3n) is 3.37. The van der Waals surface area contributed by atoms with Crippen LogP contribution in [0.25, 0.3) is 0 Å². The van der Waals surface area contributed by atoms with Crippen molar-refractivity contribution in [2.45, 2.75) is 26.3 Å². The van der Waals surface area contributed by atoms with E-state index in [0.717, 1.165) is 17.6 Å². The van der Waals surface area contributed by atoms with Gasteiger partial charge in [-0.3, -0.25) is 0 Å². The van der Waals surface area contributed by atoms with Crippen LogP contribution in [-0.2, 0) is 4.74 Å². The number of benzene rings is 1. The topological polar surface area (TPSA) is 48.3 Å². The largest absolute Gasteiger partial charge is 0.383 e. The highest BCUT2D eigenvalue weighted by Gasteiger charge is 2.15. The first-order valence-corrected chi connectivity index (χ1v) is 8.07. The number of ether oxygens (including phenoxy) is 1. The van der Waals surface area contributed by atoms with Crippen molar-refractivity contribution in [1.29, 1.82) is 5.26 Å². The lowest BCUT2D eigenvalue weighted by molar-refractivity contribution is 0.205. The molecule has 1 aromatic rings. The molecule has 0 amide bonds. The molecule has 0 bridgehead atoms. The van der Waals surface area contributed by atoms with Crippen LogP contribution in [0.15, 0.2) is 22.7 Å². The molecule has 4 nitrogen and oxygen atoms in total. The fraction of sp³-hybridized carbons (Fsp3) is 0.562. The van der Waals surface area contributed by atoms with Gasteiger partial charge < -0.3 is 15.0 Å². The Morgan fingerprint density at radius 2 is 2.19 bits per heavy atom. The predicted octanol–water partition coefficient (Wildman–Crippen LogP) is 3.49. The molecule has 1 aromatic carbocycles. The lowest BCUT2D eigenvalue weighted by Crippen LogP contribution is -2.30. The third kappa shape index (κ3) is 5.66. The van der Waals surface area contributed by atoms with Gasteiger partial charge in [-0.25, -0.2) is 0 Å². The highest BCUT2D eigenvalue weighted by atomic mass is 79.9. The summed E-state index contributed by atoms with van der Waals surface area (Å²) in [6, 6.07) is 8.79. The molecular weight excluding hydrogens is 330 g/mol. The highest BCUT2D eigenvalue weighted by Crippen LogP contribution is 2.29. The number of nitrogens with one attached hydrogen (secondary N) is 1. The Bertz CT molecular complexity index is 473. The van der Waals surface area contributed by atoms with E-state index in [0.29, 0.717) is 19.6 Å². The molecule has 1 N–H and O–H groups in total. The maximum Gasteiger partial charge on any atom is 0.0640 e. The van der Waals surface area contributed by atoms with Gasteiger partial charge in [0.25, 0.3) is 0 Å². The van der Waals surface area contributed by atoms with Gasteiger partial charge in [-0.1, -0.05) is 22.9 Å². The van der Waals surface area contributed by atoms with Gasteiger partial charge in [0.05, 0.1) is 19.1 Å². The summed E-state index contributed by atoms with van der Waals surface area (Å²) in [7, 11) is 1.70. The monoisotopic (exact) mass is 353 g/mol. The van der Waals surface area contributed by atoms with E-state index in [9.17, 15) is 0 Å². The standard InChI is InChI=1S/C16H24BrN3O/c1-4-19-13(2)15-12-14(17)6-7-16(15)20(9-5-8-18)10-11-21-3/h6-7,12-13,19H,4-5,9-11H2,1-3H3. The molecule has 0 saturated heterocycles. The molecule has 0 heterocycles. The van der Waals surface area contributed by atoms with Crippen LogP contribution in [0.1, 0.15) is 31.9 Å². The number of halogens is 1. The molecule has 0 aliphatic heterocycles. The molecule has 0 aliphatic carbocycles. The summed E-state index contributed by atoms with van der Waals surface area (Å²) in [5, 5.41) is 12.3. The van der Waals surface area contributed by atoms with Crippen molar-refractivity contribution in [2.75, 3.05) is 38.3 Å². The molecule has 1 rings (SSSR count). The molecular formula is C16H24BrN3O. The van der Waals surface area contributed by atoms with E-state index in [4.69, 9.17) is 10.00 Å². The molecule has 0 spiro atoms. The number of hydrogen-bond acceptors (Lipinski definition) is 4. The van der Waals surface area contributed by atoms with Gasteiger partial charge in [0, 0.05) is 36.4 Å². The van der Waals surface area contributed by atoms with Crippen LogP contribution < -0.4 is 10.2 Å². The Labute approximate surface area is 136 Å². The van der Waals surface area contributed by atoms with E-state index in [1.54, 1.807) is 7.11 Å². The van der Waals surface area contributed by atoms with Gasteiger partial charge in [-0.15, -0.1) is 0 Å². The molecule has 0 radical (unpaired) electrons. The molecule has 116 valence electrons. The van der Waals surface area contributed by atoms with Crippen molar-refractivity contribution >= 4 is 21.6 Å². The molecule has 21 heavy (non-hydrogen) atoms. The zero-order chi connectivity index (χ0) is 15.7. The average molecular weight is 354 g/mol. The molecule has 0 saturated carbocycles. The quantitative estimate of drug-likeness (QED) is 0.738. The lowest BCUT2D eigenvalue weighted by atomic mass is 10.0. The zero-order valence-corrected chi connectivity index (χ0v) is 14.6. The van der Waals surface area contributed by atoms with Crippen molar-refractivity contribution in [3.63, 3.8) is 0 Å². The van der Waals surface area contributed by atoms with Crippen LogP contribution >= 0.6 is 15.9 Å². The first kappa shape index (κ1) is 18.0. The Balaban J connectivity index is 3.07. The molecule has 0 fully saturated rings. The predicted molar refractivity (Wildman–Crippen MR) is 90.6 cm³/mol. The molecule has 5 heteroatoms. The van der Waals surface area contributed by atoms with E-state index in [1.165, 1.54) is 11.3 Å². The van der Waals surface area contributed by atoms with Gasteiger partial charge in [-0.05, 0) is 37.2 Å². The number of nitrogens with zero attached hydrogens (tertiary/aromatic N) is 2. The first-order valence-electron chi connectivity index (χ1n) is 7.27. The summed E-state index contributed by atoms with van der Waals surface area (Å²) < 4.78 is 6.26. The van der Waals surface area contributed by atoms with Crippen molar-refractivity contribution in [1.82, 2.24) is 5.32 Å². The van der Waals surface area contributed by atoms with Gasteiger partial charge in [0.2, 0.25) is 0 Å². The Kier molecular flexibility index (Phi) is 8.36. The number of nitriles is 1. The van der Waals surface area contributed by atoms with Crippen molar-refractivity contribution in [2.24, 2.45) is 0 Å². The third-order valence-corrected chi connectivity index (χ3v) is 3.86. The van der Waals surface area contributed by atoms with Crippen LogP contribution in [0.4, 0.5) is 5.69 Å². The van der Waals surface area contributed by atoms with Gasteiger partial charge >= 0.3 is 0 Å². The molecule has 1 unspecified atom stereocenters. The number of rotatable bonds is 9. The molecule has 0 aromatic heterocycles. The summed E-state index contributed by atoms with van der Waals surface area (Å²) in [6.45, 7) is 7.33. The Morgan fingerprint density at radius 1 is 1.43 bits per heavy atom. The SMILES string of the molecule is CCNC(C)c1cc(Br)ccc1N(CCC#N)CCOC. The second kappa shape index (κ2) is 9.78. The van der Waals surface area contributed by atoms with Gasteiger partial charge in [0.1, 0.15) is 0 Å². The molecule has 1 atom stereocenters. The van der Waals surface area contributed by atoms with E-state index in [2.05, 4.69) is 58.2 Å². The fourth-order valence-electron chi connectivity index (χ4n) is 2.32. The van der Waals surface area contributed by atoms with Crippen LogP contribution in [-0.4, -0.2) is 33.4 Å². The van der Waals surface area contributed by atoms with Crippen LogP contribution in [0.3, 0.4) is 0 Å². The van der Waals surface area contributed by atoms with Gasteiger partial charge in [-0.2, -0.15) is 5.26 Å². The fourth-order valence-corrected chi connectivity index (χ4v) is 2.69. The minimum atomic E-state index is 0.259. The van der Waals surface area contributed by atoms with Crippen LogP contribution in [0.2, 0.25) is 0 Å². The summed E-state index contributed by atoms with van der Waals surface area (Å²) in [5.74, 6) is 0. The lowest BCUT2D eigenvalue weighted by Gasteiger charge is -2.28. The van der Waals surface area contributed by atoms with Crippen molar-refractivity contribution in [3.8, 4) is 6.07 Å². The Hall–Kier alpha value is -1.09. The minimum absolute atomic E-state index is 0.259. The summed E-state index contributed by atoms with van der Waals surface area (Å²) in [5.41, 5.74) is 2.40. The normalized spacial score (nSPS) is 12.0. The number of hydrogen-bond donors (Lipinski definition) is 1. The molecule has 0 aliphatic rings. The maximum absolute atomic E-state index is 8.87. The second-order valence-corrected chi connectivity index (χ2v) is 5.79. The summed E-state index contributed by atoms with van der Waals surface area (Å²) in [4.78, 5) is 2.22. The number of methoxy groups -OCH3 is 1. The van der Waals surface area contributed by atoms with Crippen molar-refractivity contribution < 1.29 is 4.74 Å². The highest BCUT2D eigenvalue weighted by molar-refractivity contribution is 9.10. The second-order valence-electron chi connectivity index (χ2n) is 4.87. The van der Waals surface area contributed by atoms with E-state index >= 15 is 0 Å². The Morgan fingerprint density at radius 3 is 2.81 bits per heavy atom. The summed E-state index contributed by atoms with van der Waals surface area (Å²) in [6.07, 6.45) is 0.509. The summed E-state index contributed by atoms with van der Waals surface area (Å²) >= 11 is 3.55. The van der Waals surface area contributed by atoms with Gasteiger partial charge in [0.15, 0.2) is 0 Å². The van der Waals surface area contributed by atoms with Crippen molar-refractivity contribution in [3.05, 3.63) is 28.2 Å². The minimum Gasteiger partial charge on any atom is -0.383 e. The van der Waals surface area contributed by atoms with E-state index in [1.807, 2.05) is 6.07 Å². The smallest absolute Gasteiger partial charge is 0.0640 e. The maximum atomic E-state index is 8.87. The zero-order valence-electron chi connectivity index (χ0n) is 13.0. The number of anilines is 1. The first-order chi connectivity index (χ1) is 10.1. The van der Waals surface area contributed by atoms with E-state index in [-0.39, 0.29) is 6.04 Å². The van der Waals surface area contributed by atoms with E-state index < -0.39 is 0 Å². The van der Waals surface area contributed by atoms with Crippen LogP contribution in [0, 0.1) is 11.3 Å².